The third-order valence-corrected chi connectivity index (χ3v) is 2.88. The average Bonchev–Trinajstić information content (AvgIpc) is 2.35. The lowest BCUT2D eigenvalue weighted by Gasteiger charge is -2.36. The van der Waals surface area contributed by atoms with Crippen LogP contribution in [0.2, 0.25) is 0 Å². The second kappa shape index (κ2) is 4.63. The van der Waals surface area contributed by atoms with Gasteiger partial charge in [-0.25, -0.2) is 0 Å². The largest absolute Gasteiger partial charge is 0.497 e. The molecular weight excluding hydrogens is 222 g/mol. The van der Waals surface area contributed by atoms with Crippen LogP contribution in [0.3, 0.4) is 0 Å². The summed E-state index contributed by atoms with van der Waals surface area (Å²) in [6.45, 7) is 0. The number of carbonyl (C=O) groups is 1. The van der Waals surface area contributed by atoms with Crippen molar-refractivity contribution in [2.45, 2.75) is 12.1 Å². The second-order valence-corrected chi connectivity index (χ2v) is 3.75. The molecule has 1 fully saturated rings. The molecule has 1 amide bonds. The number of hydrogen-bond donors (Lipinski definition) is 1. The third-order valence-electron chi connectivity index (χ3n) is 2.88. The summed E-state index contributed by atoms with van der Waals surface area (Å²) in [5.41, 5.74) is 0.860. The molecule has 2 rings (SSSR count). The van der Waals surface area contributed by atoms with E-state index in [-0.39, 0.29) is 11.9 Å². The van der Waals surface area contributed by atoms with Crippen molar-refractivity contribution in [1.82, 2.24) is 5.32 Å². The quantitative estimate of drug-likeness (QED) is 0.790. The predicted molar refractivity (Wildman–Crippen MR) is 61.2 cm³/mol. The molecule has 0 bridgehead atoms. The Morgan fingerprint density at radius 1 is 1.18 bits per heavy atom. The van der Waals surface area contributed by atoms with E-state index in [2.05, 4.69) is 5.32 Å². The lowest BCUT2D eigenvalue weighted by molar-refractivity contribution is -0.145. The van der Waals surface area contributed by atoms with Crippen LogP contribution in [0.4, 0.5) is 0 Å². The maximum atomic E-state index is 11.3. The molecule has 5 nitrogen and oxygen atoms in total. The number of rotatable bonds is 4. The van der Waals surface area contributed by atoms with E-state index in [9.17, 15) is 4.79 Å². The molecule has 1 aromatic carbocycles. The second-order valence-electron chi connectivity index (χ2n) is 3.75. The summed E-state index contributed by atoms with van der Waals surface area (Å²) in [5.74, 6) is 1.32. The molecule has 0 saturated carbocycles. The Morgan fingerprint density at radius 3 is 2.47 bits per heavy atom. The molecule has 17 heavy (non-hydrogen) atoms. The first-order chi connectivity index (χ1) is 8.21. The lowest BCUT2D eigenvalue weighted by Crippen LogP contribution is -2.56. The highest BCUT2D eigenvalue weighted by atomic mass is 16.5. The highest BCUT2D eigenvalue weighted by Crippen LogP contribution is 2.35. The molecule has 1 saturated heterocycles. The van der Waals surface area contributed by atoms with Gasteiger partial charge in [0.1, 0.15) is 11.5 Å². The van der Waals surface area contributed by atoms with Crippen molar-refractivity contribution < 1.29 is 19.0 Å². The molecule has 1 aliphatic rings. The molecule has 0 spiro atoms. The molecule has 92 valence electrons. The summed E-state index contributed by atoms with van der Waals surface area (Å²) in [6, 6.07) is 5.28. The third kappa shape index (κ3) is 1.93. The van der Waals surface area contributed by atoms with Gasteiger partial charge in [-0.3, -0.25) is 4.79 Å². The molecule has 2 atom stereocenters. The van der Waals surface area contributed by atoms with Crippen molar-refractivity contribution in [1.29, 1.82) is 0 Å². The molecule has 1 aromatic rings. The Hall–Kier alpha value is -1.75. The van der Waals surface area contributed by atoms with Crippen molar-refractivity contribution in [3.8, 4) is 11.5 Å². The van der Waals surface area contributed by atoms with Crippen molar-refractivity contribution in [2.75, 3.05) is 21.3 Å². The van der Waals surface area contributed by atoms with E-state index < -0.39 is 6.10 Å². The Morgan fingerprint density at radius 2 is 1.94 bits per heavy atom. The molecule has 0 radical (unpaired) electrons. The summed E-state index contributed by atoms with van der Waals surface area (Å²) in [5, 5.41) is 2.79. The molecule has 0 aromatic heterocycles. The van der Waals surface area contributed by atoms with Gasteiger partial charge < -0.3 is 19.5 Å². The van der Waals surface area contributed by atoms with E-state index in [0.717, 1.165) is 11.3 Å². The van der Waals surface area contributed by atoms with Gasteiger partial charge in [-0.1, -0.05) is 0 Å². The first-order valence-electron chi connectivity index (χ1n) is 5.26. The van der Waals surface area contributed by atoms with E-state index in [1.807, 2.05) is 18.2 Å². The van der Waals surface area contributed by atoms with Gasteiger partial charge >= 0.3 is 0 Å². The number of carbonyl (C=O) groups excluding carboxylic acids is 1. The number of β-lactam (4-membered cyclic amide) rings is 1. The summed E-state index contributed by atoms with van der Waals surface area (Å²) in [6.07, 6.45) is -0.462. The normalized spacial score (nSPS) is 22.6. The Balaban J connectivity index is 2.33. The number of nitrogens with one attached hydrogen (secondary N) is 1. The van der Waals surface area contributed by atoms with Crippen molar-refractivity contribution in [3.05, 3.63) is 23.8 Å². The zero-order chi connectivity index (χ0) is 12.4. The Kier molecular flexibility index (Phi) is 3.19. The molecule has 5 heteroatoms. The van der Waals surface area contributed by atoms with Crippen LogP contribution in [0, 0.1) is 0 Å². The van der Waals surface area contributed by atoms with E-state index in [4.69, 9.17) is 14.2 Å². The van der Waals surface area contributed by atoms with Crippen LogP contribution in [0.5, 0.6) is 11.5 Å². The van der Waals surface area contributed by atoms with E-state index >= 15 is 0 Å². The smallest absolute Gasteiger partial charge is 0.252 e. The van der Waals surface area contributed by atoms with E-state index in [1.165, 1.54) is 7.11 Å². The van der Waals surface area contributed by atoms with Crippen LogP contribution < -0.4 is 14.8 Å². The molecule has 0 aliphatic carbocycles. The van der Waals surface area contributed by atoms with Gasteiger partial charge in [0.15, 0.2) is 6.10 Å². The minimum absolute atomic E-state index is 0.109. The highest BCUT2D eigenvalue weighted by Gasteiger charge is 2.42. The number of methoxy groups -OCH3 is 3. The molecule has 1 heterocycles. The minimum Gasteiger partial charge on any atom is -0.497 e. The fourth-order valence-electron chi connectivity index (χ4n) is 1.93. The molecule has 1 aliphatic heterocycles. The van der Waals surface area contributed by atoms with Gasteiger partial charge in [-0.15, -0.1) is 0 Å². The fourth-order valence-corrected chi connectivity index (χ4v) is 1.93. The van der Waals surface area contributed by atoms with Gasteiger partial charge in [0.05, 0.1) is 20.3 Å². The zero-order valence-corrected chi connectivity index (χ0v) is 10.0. The topological polar surface area (TPSA) is 56.8 Å². The SMILES string of the molecule is COc1ccc(OC)c([C@@H]2NC(=O)[C@@H]2OC)c1. The van der Waals surface area contributed by atoms with Crippen LogP contribution in [0.15, 0.2) is 18.2 Å². The van der Waals surface area contributed by atoms with E-state index in [1.54, 1.807) is 14.2 Å². The van der Waals surface area contributed by atoms with Crippen LogP contribution in [-0.4, -0.2) is 33.3 Å². The van der Waals surface area contributed by atoms with Gasteiger partial charge in [-0.2, -0.15) is 0 Å². The van der Waals surface area contributed by atoms with Crippen LogP contribution in [0.1, 0.15) is 11.6 Å². The summed E-state index contributed by atoms with van der Waals surface area (Å²) >= 11 is 0. The summed E-state index contributed by atoms with van der Waals surface area (Å²) in [7, 11) is 4.70. The number of hydrogen-bond acceptors (Lipinski definition) is 4. The molecule has 0 unspecified atom stereocenters. The number of benzene rings is 1. The standard InChI is InChI=1S/C12H15NO4/c1-15-7-4-5-9(16-2)8(6-7)10-11(17-3)12(14)13-10/h4-6,10-11H,1-3H3,(H,13,14)/t10-,11+/m0/s1. The Labute approximate surface area is 99.7 Å². The maximum Gasteiger partial charge on any atom is 0.252 e. The van der Waals surface area contributed by atoms with Crippen LogP contribution >= 0.6 is 0 Å². The fraction of sp³-hybridized carbons (Fsp3) is 0.417. The highest BCUT2D eigenvalue weighted by molar-refractivity contribution is 5.89. The van der Waals surface area contributed by atoms with Crippen LogP contribution in [0.25, 0.3) is 0 Å². The lowest BCUT2D eigenvalue weighted by atomic mass is 9.93. The number of ether oxygens (including phenoxy) is 3. The average molecular weight is 237 g/mol. The van der Waals surface area contributed by atoms with Gasteiger partial charge in [-0.05, 0) is 18.2 Å². The van der Waals surface area contributed by atoms with E-state index in [0.29, 0.717) is 5.75 Å². The van der Waals surface area contributed by atoms with Crippen molar-refractivity contribution in [2.24, 2.45) is 0 Å². The van der Waals surface area contributed by atoms with Crippen molar-refractivity contribution >= 4 is 5.91 Å². The number of amides is 1. The predicted octanol–water partition coefficient (Wildman–Crippen LogP) is 0.890. The maximum absolute atomic E-state index is 11.3. The van der Waals surface area contributed by atoms with Crippen molar-refractivity contribution in [3.63, 3.8) is 0 Å². The van der Waals surface area contributed by atoms with Gasteiger partial charge in [0.2, 0.25) is 0 Å². The Bertz CT molecular complexity index is 433. The summed E-state index contributed by atoms with van der Waals surface area (Å²) in [4.78, 5) is 11.3. The summed E-state index contributed by atoms with van der Waals surface area (Å²) < 4.78 is 15.6. The first kappa shape index (κ1) is 11.7. The first-order valence-corrected chi connectivity index (χ1v) is 5.26. The van der Waals surface area contributed by atoms with Gasteiger partial charge in [0, 0.05) is 12.7 Å². The molecule has 1 N–H and O–H groups in total. The zero-order valence-electron chi connectivity index (χ0n) is 10.0. The monoisotopic (exact) mass is 237 g/mol. The van der Waals surface area contributed by atoms with Gasteiger partial charge in [0.25, 0.3) is 5.91 Å². The minimum atomic E-state index is -0.462. The van der Waals surface area contributed by atoms with Crippen LogP contribution in [-0.2, 0) is 9.53 Å². The molecular formula is C12H15NO4.